The van der Waals surface area contributed by atoms with Crippen LogP contribution in [0.5, 0.6) is 0 Å². The molecule has 0 atom stereocenters. The van der Waals surface area contributed by atoms with Gasteiger partial charge in [-0.3, -0.25) is 4.79 Å². The van der Waals surface area contributed by atoms with Crippen molar-refractivity contribution in [3.63, 3.8) is 0 Å². The van der Waals surface area contributed by atoms with E-state index >= 15 is 0 Å². The van der Waals surface area contributed by atoms with Gasteiger partial charge in [-0.1, -0.05) is 18.2 Å². The third-order valence-electron chi connectivity index (χ3n) is 3.26. The third kappa shape index (κ3) is 4.37. The van der Waals surface area contributed by atoms with E-state index in [4.69, 9.17) is 0 Å². The Hall–Kier alpha value is -0.960. The highest BCUT2D eigenvalue weighted by molar-refractivity contribution is 7.99. The van der Waals surface area contributed by atoms with E-state index in [0.29, 0.717) is 5.91 Å². The van der Waals surface area contributed by atoms with Crippen LogP contribution in [0.25, 0.3) is 0 Å². The van der Waals surface area contributed by atoms with E-state index in [2.05, 4.69) is 24.3 Å². The molecular formula is C15H21NOS. The zero-order chi connectivity index (χ0) is 12.6. The van der Waals surface area contributed by atoms with Crippen molar-refractivity contribution in [2.75, 3.05) is 18.8 Å². The Morgan fingerprint density at radius 3 is 2.72 bits per heavy atom. The predicted octanol–water partition coefficient (Wildman–Crippen LogP) is 3.57. The summed E-state index contributed by atoms with van der Waals surface area (Å²) in [6, 6.07) is 10.5. The summed E-state index contributed by atoms with van der Waals surface area (Å²) in [5.74, 6) is 1.50. The van der Waals surface area contributed by atoms with Gasteiger partial charge in [0.25, 0.3) is 0 Å². The van der Waals surface area contributed by atoms with Crippen molar-refractivity contribution >= 4 is 17.7 Å². The van der Waals surface area contributed by atoms with Crippen LogP contribution in [0.2, 0.25) is 0 Å². The molecule has 1 aromatic carbocycles. The maximum atomic E-state index is 11.6. The van der Waals surface area contributed by atoms with Crippen LogP contribution in [-0.4, -0.2) is 29.6 Å². The van der Waals surface area contributed by atoms with Crippen molar-refractivity contribution in [2.24, 2.45) is 0 Å². The summed E-state index contributed by atoms with van der Waals surface area (Å²) in [7, 11) is 0. The molecule has 0 bridgehead atoms. The number of carbonyl (C=O) groups excluding carboxylic acids is 1. The van der Waals surface area contributed by atoms with Crippen molar-refractivity contribution in [3.8, 4) is 0 Å². The number of carbonyl (C=O) groups is 1. The smallest absolute Gasteiger partial charge is 0.222 e. The lowest BCUT2D eigenvalue weighted by atomic mass is 10.1. The standard InChI is InChI=1S/C15H21NOS/c17-15-10-4-5-11-16(15)12-6-7-13-18-14-8-2-1-3-9-14/h1-3,8-9H,4-7,10-13H2. The van der Waals surface area contributed by atoms with Crippen LogP contribution in [0.4, 0.5) is 0 Å². The summed E-state index contributed by atoms with van der Waals surface area (Å²) in [6.45, 7) is 1.93. The second-order valence-corrected chi connectivity index (χ2v) is 5.87. The van der Waals surface area contributed by atoms with Crippen molar-refractivity contribution < 1.29 is 4.79 Å². The SMILES string of the molecule is O=C1CCCCN1CCCCSc1ccccc1. The van der Waals surface area contributed by atoms with Gasteiger partial charge in [0.15, 0.2) is 0 Å². The molecule has 1 fully saturated rings. The molecule has 0 unspecified atom stereocenters. The molecule has 0 aliphatic carbocycles. The van der Waals surface area contributed by atoms with Gasteiger partial charge < -0.3 is 4.90 Å². The molecule has 3 heteroatoms. The van der Waals surface area contributed by atoms with Gasteiger partial charge >= 0.3 is 0 Å². The van der Waals surface area contributed by atoms with Crippen LogP contribution < -0.4 is 0 Å². The Bertz CT molecular complexity index is 366. The van der Waals surface area contributed by atoms with Crippen LogP contribution in [0.15, 0.2) is 35.2 Å². The number of rotatable bonds is 6. The number of nitrogens with zero attached hydrogens (tertiary/aromatic N) is 1. The first-order valence-corrected chi connectivity index (χ1v) is 7.80. The molecule has 0 N–H and O–H groups in total. The fourth-order valence-corrected chi connectivity index (χ4v) is 3.14. The molecule has 0 aromatic heterocycles. The van der Waals surface area contributed by atoms with Crippen molar-refractivity contribution in [1.29, 1.82) is 0 Å². The second kappa shape index (κ2) is 7.47. The predicted molar refractivity (Wildman–Crippen MR) is 76.8 cm³/mol. The van der Waals surface area contributed by atoms with E-state index in [9.17, 15) is 4.79 Å². The van der Waals surface area contributed by atoms with E-state index < -0.39 is 0 Å². The zero-order valence-electron chi connectivity index (χ0n) is 10.8. The number of amides is 1. The van der Waals surface area contributed by atoms with Gasteiger partial charge in [-0.2, -0.15) is 0 Å². The van der Waals surface area contributed by atoms with E-state index in [1.807, 2.05) is 22.7 Å². The van der Waals surface area contributed by atoms with E-state index in [-0.39, 0.29) is 0 Å². The van der Waals surface area contributed by atoms with Crippen LogP contribution in [-0.2, 0) is 4.79 Å². The number of likely N-dealkylation sites (tertiary alicyclic amines) is 1. The summed E-state index contributed by atoms with van der Waals surface area (Å²) >= 11 is 1.90. The van der Waals surface area contributed by atoms with Crippen LogP contribution in [0.3, 0.4) is 0 Å². The Morgan fingerprint density at radius 1 is 1.11 bits per heavy atom. The van der Waals surface area contributed by atoms with E-state index in [0.717, 1.165) is 38.1 Å². The highest BCUT2D eigenvalue weighted by atomic mass is 32.2. The second-order valence-electron chi connectivity index (χ2n) is 4.71. The number of thioether (sulfide) groups is 1. The number of unbranched alkanes of at least 4 members (excludes halogenated alkanes) is 1. The summed E-state index contributed by atoms with van der Waals surface area (Å²) < 4.78 is 0. The quantitative estimate of drug-likeness (QED) is 0.577. The van der Waals surface area contributed by atoms with Gasteiger partial charge in [0.05, 0.1) is 0 Å². The molecule has 2 rings (SSSR count). The zero-order valence-corrected chi connectivity index (χ0v) is 11.6. The van der Waals surface area contributed by atoms with Gasteiger partial charge in [-0.25, -0.2) is 0 Å². The Labute approximate surface area is 114 Å². The molecule has 1 saturated heterocycles. The largest absolute Gasteiger partial charge is 0.343 e. The normalized spacial score (nSPS) is 16.0. The van der Waals surface area contributed by atoms with Crippen molar-refractivity contribution in [2.45, 2.75) is 37.0 Å². The first kappa shape index (κ1) is 13.5. The molecule has 1 aliphatic rings. The number of benzene rings is 1. The van der Waals surface area contributed by atoms with Gasteiger partial charge in [-0.05, 0) is 43.6 Å². The molecule has 18 heavy (non-hydrogen) atoms. The van der Waals surface area contributed by atoms with Gasteiger partial charge in [0.2, 0.25) is 5.91 Å². The van der Waals surface area contributed by atoms with Crippen molar-refractivity contribution in [1.82, 2.24) is 4.90 Å². The lowest BCUT2D eigenvalue weighted by molar-refractivity contribution is -0.133. The monoisotopic (exact) mass is 263 g/mol. The summed E-state index contributed by atoms with van der Waals surface area (Å²) in [5.41, 5.74) is 0. The average Bonchev–Trinajstić information content (AvgIpc) is 2.42. The van der Waals surface area contributed by atoms with Crippen LogP contribution in [0, 0.1) is 0 Å². The van der Waals surface area contributed by atoms with Crippen molar-refractivity contribution in [3.05, 3.63) is 30.3 Å². The minimum absolute atomic E-state index is 0.358. The first-order chi connectivity index (χ1) is 8.86. The molecule has 0 spiro atoms. The maximum Gasteiger partial charge on any atom is 0.222 e. The summed E-state index contributed by atoms with van der Waals surface area (Å²) in [5, 5.41) is 0. The van der Waals surface area contributed by atoms with E-state index in [1.54, 1.807) is 0 Å². The maximum absolute atomic E-state index is 11.6. The third-order valence-corrected chi connectivity index (χ3v) is 4.35. The van der Waals surface area contributed by atoms with Gasteiger partial charge in [-0.15, -0.1) is 11.8 Å². The van der Waals surface area contributed by atoms with E-state index in [1.165, 1.54) is 17.7 Å². The minimum atomic E-state index is 0.358. The molecule has 98 valence electrons. The summed E-state index contributed by atoms with van der Waals surface area (Å²) in [4.78, 5) is 15.0. The minimum Gasteiger partial charge on any atom is -0.343 e. The average molecular weight is 263 g/mol. The Kier molecular flexibility index (Phi) is 5.59. The first-order valence-electron chi connectivity index (χ1n) is 6.82. The van der Waals surface area contributed by atoms with Crippen LogP contribution >= 0.6 is 11.8 Å². The lowest BCUT2D eigenvalue weighted by Gasteiger charge is -2.26. The molecule has 1 amide bonds. The topological polar surface area (TPSA) is 20.3 Å². The molecule has 2 nitrogen and oxygen atoms in total. The fraction of sp³-hybridized carbons (Fsp3) is 0.533. The number of hydrogen-bond donors (Lipinski definition) is 0. The summed E-state index contributed by atoms with van der Waals surface area (Å²) in [6.07, 6.45) is 5.34. The lowest BCUT2D eigenvalue weighted by Crippen LogP contribution is -2.35. The van der Waals surface area contributed by atoms with Gasteiger partial charge in [0.1, 0.15) is 0 Å². The Morgan fingerprint density at radius 2 is 1.94 bits per heavy atom. The number of piperidine rings is 1. The molecule has 0 radical (unpaired) electrons. The molecular weight excluding hydrogens is 242 g/mol. The molecule has 1 aliphatic heterocycles. The fourth-order valence-electron chi connectivity index (χ4n) is 2.21. The van der Waals surface area contributed by atoms with Crippen LogP contribution in [0.1, 0.15) is 32.1 Å². The highest BCUT2D eigenvalue weighted by Crippen LogP contribution is 2.19. The highest BCUT2D eigenvalue weighted by Gasteiger charge is 2.16. The molecule has 1 aromatic rings. The Balaban J connectivity index is 1.57. The molecule has 0 saturated carbocycles. The van der Waals surface area contributed by atoms with Gasteiger partial charge in [0, 0.05) is 24.4 Å². The number of hydrogen-bond acceptors (Lipinski definition) is 2. The molecule has 1 heterocycles.